The molecule has 1 saturated heterocycles. The number of ether oxygens (including phenoxy) is 1. The first-order chi connectivity index (χ1) is 9.79. The van der Waals surface area contributed by atoms with Gasteiger partial charge < -0.3 is 10.1 Å². The normalized spacial score (nSPS) is 19.4. The highest BCUT2D eigenvalue weighted by Crippen LogP contribution is 2.21. The molecule has 0 radical (unpaired) electrons. The molecule has 0 aromatic heterocycles. The fourth-order valence-electron chi connectivity index (χ4n) is 2.65. The van der Waals surface area contributed by atoms with E-state index in [1.807, 2.05) is 6.07 Å². The van der Waals surface area contributed by atoms with Gasteiger partial charge in [-0.15, -0.1) is 0 Å². The standard InChI is InChI=1S/C16H23FN2O/c17-14-9-13(12-18-15-3-4-15)10-16(11-14)20-8-7-19-5-1-2-6-19/h9-11,15,18H,1-8,12H2. The van der Waals surface area contributed by atoms with Crippen LogP contribution in [0, 0.1) is 5.82 Å². The molecule has 20 heavy (non-hydrogen) atoms. The monoisotopic (exact) mass is 278 g/mol. The highest BCUT2D eigenvalue weighted by molar-refractivity contribution is 5.29. The maximum atomic E-state index is 13.6. The van der Waals surface area contributed by atoms with Crippen LogP contribution in [0.1, 0.15) is 31.2 Å². The predicted molar refractivity (Wildman–Crippen MR) is 77.4 cm³/mol. The van der Waals surface area contributed by atoms with Crippen LogP contribution in [0.15, 0.2) is 18.2 Å². The first-order valence-electron chi connectivity index (χ1n) is 7.67. The van der Waals surface area contributed by atoms with Gasteiger partial charge >= 0.3 is 0 Å². The smallest absolute Gasteiger partial charge is 0.127 e. The van der Waals surface area contributed by atoms with E-state index in [0.717, 1.165) is 18.7 Å². The van der Waals surface area contributed by atoms with Crippen LogP contribution in [0.2, 0.25) is 0 Å². The zero-order valence-corrected chi connectivity index (χ0v) is 11.9. The molecule has 1 aliphatic carbocycles. The third-order valence-corrected chi connectivity index (χ3v) is 3.98. The van der Waals surface area contributed by atoms with Crippen molar-refractivity contribution in [3.8, 4) is 5.75 Å². The second-order valence-corrected chi connectivity index (χ2v) is 5.85. The lowest BCUT2D eigenvalue weighted by molar-refractivity contribution is 0.237. The first-order valence-corrected chi connectivity index (χ1v) is 7.67. The second kappa shape index (κ2) is 6.55. The molecule has 1 heterocycles. The lowest BCUT2D eigenvalue weighted by Gasteiger charge is -2.15. The average molecular weight is 278 g/mol. The van der Waals surface area contributed by atoms with E-state index in [2.05, 4.69) is 10.2 Å². The number of rotatable bonds is 7. The molecule has 1 saturated carbocycles. The summed E-state index contributed by atoms with van der Waals surface area (Å²) in [6, 6.07) is 5.65. The van der Waals surface area contributed by atoms with Crippen molar-refractivity contribution in [2.75, 3.05) is 26.2 Å². The molecule has 2 aliphatic rings. The van der Waals surface area contributed by atoms with E-state index in [9.17, 15) is 4.39 Å². The summed E-state index contributed by atoms with van der Waals surface area (Å²) >= 11 is 0. The minimum Gasteiger partial charge on any atom is -0.492 e. The Bertz CT molecular complexity index is 442. The SMILES string of the molecule is Fc1cc(CNC2CC2)cc(OCCN2CCCC2)c1. The van der Waals surface area contributed by atoms with Gasteiger partial charge in [0.05, 0.1) is 0 Å². The van der Waals surface area contributed by atoms with E-state index in [1.165, 1.54) is 44.8 Å². The van der Waals surface area contributed by atoms with Crippen molar-refractivity contribution in [1.29, 1.82) is 0 Å². The molecular formula is C16H23FN2O. The van der Waals surface area contributed by atoms with Crippen molar-refractivity contribution < 1.29 is 9.13 Å². The molecule has 1 aromatic rings. The summed E-state index contributed by atoms with van der Waals surface area (Å²) in [5, 5.41) is 3.40. The minimum absolute atomic E-state index is 0.212. The van der Waals surface area contributed by atoms with Gasteiger partial charge in [0.2, 0.25) is 0 Å². The largest absolute Gasteiger partial charge is 0.492 e. The lowest BCUT2D eigenvalue weighted by Crippen LogP contribution is -2.25. The van der Waals surface area contributed by atoms with Crippen molar-refractivity contribution in [2.45, 2.75) is 38.3 Å². The molecule has 3 rings (SSSR count). The Balaban J connectivity index is 1.48. The van der Waals surface area contributed by atoms with Gasteiger partial charge in [0.1, 0.15) is 18.2 Å². The van der Waals surface area contributed by atoms with Crippen LogP contribution in [-0.4, -0.2) is 37.2 Å². The van der Waals surface area contributed by atoms with Gasteiger partial charge in [-0.05, 0) is 56.5 Å². The van der Waals surface area contributed by atoms with Crippen LogP contribution >= 0.6 is 0 Å². The average Bonchev–Trinajstić information content (AvgIpc) is 3.12. The van der Waals surface area contributed by atoms with E-state index >= 15 is 0 Å². The molecule has 3 nitrogen and oxygen atoms in total. The number of hydrogen-bond donors (Lipinski definition) is 1. The van der Waals surface area contributed by atoms with Crippen LogP contribution in [0.4, 0.5) is 4.39 Å². The number of nitrogens with one attached hydrogen (secondary N) is 1. The molecule has 1 aliphatic heterocycles. The van der Waals surface area contributed by atoms with Gasteiger partial charge in [-0.1, -0.05) is 0 Å². The summed E-state index contributed by atoms with van der Waals surface area (Å²) in [6.07, 6.45) is 5.07. The second-order valence-electron chi connectivity index (χ2n) is 5.85. The molecule has 0 unspecified atom stereocenters. The van der Waals surface area contributed by atoms with E-state index in [0.29, 0.717) is 18.4 Å². The summed E-state index contributed by atoms with van der Waals surface area (Å²) in [7, 11) is 0. The first kappa shape index (κ1) is 13.8. The quantitative estimate of drug-likeness (QED) is 0.829. The fraction of sp³-hybridized carbons (Fsp3) is 0.625. The van der Waals surface area contributed by atoms with E-state index < -0.39 is 0 Å². The molecular weight excluding hydrogens is 255 g/mol. The van der Waals surface area contributed by atoms with Gasteiger partial charge in [-0.3, -0.25) is 4.90 Å². The third-order valence-electron chi connectivity index (χ3n) is 3.98. The molecule has 0 amide bonds. The van der Waals surface area contributed by atoms with Crippen molar-refractivity contribution >= 4 is 0 Å². The maximum Gasteiger partial charge on any atom is 0.127 e. The molecule has 1 N–H and O–H groups in total. The maximum absolute atomic E-state index is 13.6. The Morgan fingerprint density at radius 2 is 2.00 bits per heavy atom. The summed E-state index contributed by atoms with van der Waals surface area (Å²) in [6.45, 7) is 4.64. The van der Waals surface area contributed by atoms with Crippen molar-refractivity contribution in [3.05, 3.63) is 29.6 Å². The van der Waals surface area contributed by atoms with Crippen LogP contribution in [0.3, 0.4) is 0 Å². The highest BCUT2D eigenvalue weighted by Gasteiger charge is 2.20. The lowest BCUT2D eigenvalue weighted by atomic mass is 10.2. The van der Waals surface area contributed by atoms with Gasteiger partial charge in [0, 0.05) is 25.2 Å². The zero-order valence-electron chi connectivity index (χ0n) is 11.9. The molecule has 0 atom stereocenters. The topological polar surface area (TPSA) is 24.5 Å². The minimum atomic E-state index is -0.212. The molecule has 4 heteroatoms. The number of halogens is 1. The molecule has 1 aromatic carbocycles. The predicted octanol–water partition coefficient (Wildman–Crippen LogP) is 2.55. The molecule has 0 bridgehead atoms. The fourth-order valence-corrected chi connectivity index (χ4v) is 2.65. The van der Waals surface area contributed by atoms with Crippen LogP contribution in [-0.2, 0) is 6.54 Å². The Morgan fingerprint density at radius 1 is 1.20 bits per heavy atom. The Morgan fingerprint density at radius 3 is 2.75 bits per heavy atom. The number of benzene rings is 1. The van der Waals surface area contributed by atoms with E-state index in [-0.39, 0.29) is 5.82 Å². The Kier molecular flexibility index (Phi) is 4.53. The van der Waals surface area contributed by atoms with Gasteiger partial charge in [0.15, 0.2) is 0 Å². The van der Waals surface area contributed by atoms with Crippen LogP contribution in [0.5, 0.6) is 5.75 Å². The van der Waals surface area contributed by atoms with Crippen molar-refractivity contribution in [2.24, 2.45) is 0 Å². The van der Waals surface area contributed by atoms with Crippen molar-refractivity contribution in [3.63, 3.8) is 0 Å². The van der Waals surface area contributed by atoms with Crippen LogP contribution in [0.25, 0.3) is 0 Å². The highest BCUT2D eigenvalue weighted by atomic mass is 19.1. The zero-order chi connectivity index (χ0) is 13.8. The number of likely N-dealkylation sites (tertiary alicyclic amines) is 1. The summed E-state index contributed by atoms with van der Waals surface area (Å²) in [5.74, 6) is 0.438. The Hall–Kier alpha value is -1.13. The van der Waals surface area contributed by atoms with Gasteiger partial charge in [0.25, 0.3) is 0 Å². The third kappa shape index (κ3) is 4.18. The van der Waals surface area contributed by atoms with Crippen LogP contribution < -0.4 is 10.1 Å². The summed E-state index contributed by atoms with van der Waals surface area (Å²) in [4.78, 5) is 2.40. The Labute approximate surface area is 120 Å². The molecule has 0 spiro atoms. The van der Waals surface area contributed by atoms with Gasteiger partial charge in [-0.2, -0.15) is 0 Å². The molecule has 110 valence electrons. The number of nitrogens with zero attached hydrogens (tertiary/aromatic N) is 1. The summed E-state index contributed by atoms with van der Waals surface area (Å²) < 4.78 is 19.3. The van der Waals surface area contributed by atoms with E-state index in [4.69, 9.17) is 4.74 Å². The van der Waals surface area contributed by atoms with Gasteiger partial charge in [-0.25, -0.2) is 4.39 Å². The molecule has 2 fully saturated rings. The van der Waals surface area contributed by atoms with Crippen molar-refractivity contribution in [1.82, 2.24) is 10.2 Å². The number of hydrogen-bond acceptors (Lipinski definition) is 3. The van der Waals surface area contributed by atoms with E-state index in [1.54, 1.807) is 6.07 Å². The summed E-state index contributed by atoms with van der Waals surface area (Å²) in [5.41, 5.74) is 0.966.